The lowest BCUT2D eigenvalue weighted by molar-refractivity contribution is 0.149. The fourth-order valence-corrected chi connectivity index (χ4v) is 1.51. The first-order chi connectivity index (χ1) is 7.11. The number of nitriles is 2. The molecular weight excluding hydrogens is 268 g/mol. The Morgan fingerprint density at radius 3 is 2.60 bits per heavy atom. The van der Waals surface area contributed by atoms with Gasteiger partial charge in [-0.2, -0.15) is 10.5 Å². The van der Waals surface area contributed by atoms with Gasteiger partial charge in [-0.05, 0) is 15.9 Å². The molecule has 76 valence electrons. The van der Waals surface area contributed by atoms with Crippen molar-refractivity contribution in [2.75, 3.05) is 0 Å². The third-order valence-electron chi connectivity index (χ3n) is 1.73. The summed E-state index contributed by atoms with van der Waals surface area (Å²) in [5.41, 5.74) is -0.675. The highest BCUT2D eigenvalue weighted by Gasteiger charge is 2.21. The van der Waals surface area contributed by atoms with Crippen LogP contribution in [0.25, 0.3) is 0 Å². The van der Waals surface area contributed by atoms with Gasteiger partial charge in [-0.25, -0.2) is 8.78 Å². The van der Waals surface area contributed by atoms with Gasteiger partial charge in [0.15, 0.2) is 0 Å². The highest BCUT2D eigenvalue weighted by Crippen LogP contribution is 2.30. The van der Waals surface area contributed by atoms with E-state index in [-0.39, 0.29) is 22.2 Å². The summed E-state index contributed by atoms with van der Waals surface area (Å²) in [6, 6.07) is 3.40. The molecule has 1 heterocycles. The molecule has 0 aliphatic heterocycles. The summed E-state index contributed by atoms with van der Waals surface area (Å²) in [4.78, 5) is 3.70. The first-order valence-corrected chi connectivity index (χ1v) is 4.63. The molecule has 0 fully saturated rings. The summed E-state index contributed by atoms with van der Waals surface area (Å²) in [7, 11) is 0. The van der Waals surface area contributed by atoms with Crippen LogP contribution in [0.5, 0.6) is 0 Å². The van der Waals surface area contributed by atoms with Gasteiger partial charge in [-0.15, -0.1) is 0 Å². The summed E-state index contributed by atoms with van der Waals surface area (Å²) in [5, 5.41) is 17.1. The van der Waals surface area contributed by atoms with Crippen molar-refractivity contribution in [1.29, 1.82) is 10.5 Å². The van der Waals surface area contributed by atoms with Gasteiger partial charge in [0.1, 0.15) is 6.07 Å². The van der Waals surface area contributed by atoms with Crippen LogP contribution in [0.3, 0.4) is 0 Å². The molecule has 0 amide bonds. The third-order valence-corrected chi connectivity index (χ3v) is 2.33. The molecule has 0 saturated heterocycles. The number of aromatic nitrogens is 1. The molecule has 0 atom stereocenters. The summed E-state index contributed by atoms with van der Waals surface area (Å²) < 4.78 is 25.5. The molecule has 6 heteroatoms. The first kappa shape index (κ1) is 11.5. The Hall–Kier alpha value is -1.53. The Kier molecular flexibility index (Phi) is 3.70. The van der Waals surface area contributed by atoms with Crippen molar-refractivity contribution < 1.29 is 8.78 Å². The van der Waals surface area contributed by atoms with E-state index >= 15 is 0 Å². The zero-order valence-corrected chi connectivity index (χ0v) is 8.92. The van der Waals surface area contributed by atoms with Gasteiger partial charge in [0.25, 0.3) is 6.43 Å². The molecule has 1 aromatic rings. The van der Waals surface area contributed by atoms with Gasteiger partial charge < -0.3 is 0 Å². The second-order valence-electron chi connectivity index (χ2n) is 2.59. The Bertz CT molecular complexity index is 460. The average Bonchev–Trinajstić information content (AvgIpc) is 2.20. The minimum absolute atomic E-state index is 0.0488. The summed E-state index contributed by atoms with van der Waals surface area (Å²) in [5.74, 6) is 0. The van der Waals surface area contributed by atoms with Crippen molar-refractivity contribution in [1.82, 2.24) is 4.98 Å². The highest BCUT2D eigenvalue weighted by molar-refractivity contribution is 9.10. The van der Waals surface area contributed by atoms with Gasteiger partial charge in [0.05, 0.1) is 33.8 Å². The van der Waals surface area contributed by atoms with Crippen LogP contribution < -0.4 is 0 Å². The molecule has 15 heavy (non-hydrogen) atoms. The largest absolute Gasteiger partial charge is 0.266 e. The van der Waals surface area contributed by atoms with Gasteiger partial charge in [-0.3, -0.25) is 4.98 Å². The van der Waals surface area contributed by atoms with E-state index in [4.69, 9.17) is 10.5 Å². The van der Waals surface area contributed by atoms with Crippen molar-refractivity contribution in [2.45, 2.75) is 12.8 Å². The maximum atomic E-state index is 12.7. The molecule has 1 rings (SSSR count). The molecule has 3 nitrogen and oxygen atoms in total. The molecule has 0 N–H and O–H groups in total. The average molecular weight is 272 g/mol. The van der Waals surface area contributed by atoms with Crippen LogP contribution in [0.4, 0.5) is 8.78 Å². The van der Waals surface area contributed by atoms with Crippen molar-refractivity contribution in [3.63, 3.8) is 0 Å². The highest BCUT2D eigenvalue weighted by atomic mass is 79.9. The van der Waals surface area contributed by atoms with E-state index in [9.17, 15) is 8.78 Å². The predicted octanol–water partition coefficient (Wildman–Crippen LogP) is 2.72. The first-order valence-electron chi connectivity index (χ1n) is 3.84. The standard InChI is InChI=1S/C9H4BrF2N3/c10-6-4-15-7(1-2-13)8(9(11)12)5(6)3-14/h4,9H,1H2. The maximum Gasteiger partial charge on any atom is 0.266 e. The molecule has 0 saturated carbocycles. The lowest BCUT2D eigenvalue weighted by Crippen LogP contribution is -2.02. The quantitative estimate of drug-likeness (QED) is 0.831. The predicted molar refractivity (Wildman–Crippen MR) is 50.9 cm³/mol. The lowest BCUT2D eigenvalue weighted by Gasteiger charge is -2.08. The van der Waals surface area contributed by atoms with E-state index in [2.05, 4.69) is 20.9 Å². The molecular formula is C9H4BrF2N3. The number of nitrogens with zero attached hydrogens (tertiary/aromatic N) is 3. The van der Waals surface area contributed by atoms with Crippen molar-refractivity contribution >= 4 is 15.9 Å². The van der Waals surface area contributed by atoms with Crippen molar-refractivity contribution in [3.05, 3.63) is 27.5 Å². The summed E-state index contributed by atoms with van der Waals surface area (Å²) in [6.07, 6.45) is -1.80. The molecule has 0 spiro atoms. The van der Waals surface area contributed by atoms with Crippen LogP contribution in [0.1, 0.15) is 23.2 Å². The van der Waals surface area contributed by atoms with Crippen LogP contribution in [-0.2, 0) is 6.42 Å². The summed E-state index contributed by atoms with van der Waals surface area (Å²) in [6.45, 7) is 0. The number of pyridine rings is 1. The van der Waals surface area contributed by atoms with Gasteiger partial charge >= 0.3 is 0 Å². The van der Waals surface area contributed by atoms with E-state index in [0.717, 1.165) is 0 Å². The number of rotatable bonds is 2. The minimum Gasteiger partial charge on any atom is -0.258 e. The van der Waals surface area contributed by atoms with Gasteiger partial charge in [-0.1, -0.05) is 0 Å². The normalized spacial score (nSPS) is 9.73. The van der Waals surface area contributed by atoms with Crippen molar-refractivity contribution in [3.8, 4) is 12.1 Å². The van der Waals surface area contributed by atoms with E-state index in [0.29, 0.717) is 0 Å². The lowest BCUT2D eigenvalue weighted by atomic mass is 10.1. The smallest absolute Gasteiger partial charge is 0.258 e. The number of hydrogen-bond donors (Lipinski definition) is 0. The van der Waals surface area contributed by atoms with Crippen LogP contribution in [0, 0.1) is 22.7 Å². The van der Waals surface area contributed by atoms with E-state index in [1.165, 1.54) is 6.20 Å². The molecule has 0 aliphatic carbocycles. The molecule has 0 unspecified atom stereocenters. The Labute approximate surface area is 93.1 Å². The van der Waals surface area contributed by atoms with Gasteiger partial charge in [0.2, 0.25) is 0 Å². The fraction of sp³-hybridized carbons (Fsp3) is 0.222. The van der Waals surface area contributed by atoms with Crippen LogP contribution >= 0.6 is 15.9 Å². The fourth-order valence-electron chi connectivity index (χ4n) is 1.11. The Balaban J connectivity index is 3.45. The maximum absolute atomic E-state index is 12.7. The van der Waals surface area contributed by atoms with E-state index < -0.39 is 12.0 Å². The molecule has 0 aliphatic rings. The molecule has 1 aromatic heterocycles. The van der Waals surface area contributed by atoms with Crippen molar-refractivity contribution in [2.24, 2.45) is 0 Å². The van der Waals surface area contributed by atoms with Crippen LogP contribution in [0.2, 0.25) is 0 Å². The molecule has 0 bridgehead atoms. The van der Waals surface area contributed by atoms with Crippen LogP contribution in [0.15, 0.2) is 10.7 Å². The zero-order chi connectivity index (χ0) is 11.4. The van der Waals surface area contributed by atoms with E-state index in [1.807, 2.05) is 0 Å². The SMILES string of the molecule is N#CCc1ncc(Br)c(C#N)c1C(F)F. The molecule has 0 radical (unpaired) electrons. The van der Waals surface area contributed by atoms with E-state index in [1.54, 1.807) is 12.1 Å². The second kappa shape index (κ2) is 4.81. The third kappa shape index (κ3) is 2.28. The second-order valence-corrected chi connectivity index (χ2v) is 3.44. The summed E-state index contributed by atoms with van der Waals surface area (Å²) >= 11 is 2.96. The minimum atomic E-state index is -2.81. The Morgan fingerprint density at radius 2 is 2.13 bits per heavy atom. The molecule has 0 aromatic carbocycles. The number of hydrogen-bond acceptors (Lipinski definition) is 3. The Morgan fingerprint density at radius 1 is 1.47 bits per heavy atom. The number of halogens is 3. The monoisotopic (exact) mass is 271 g/mol. The topological polar surface area (TPSA) is 60.5 Å². The number of alkyl halides is 2. The zero-order valence-electron chi connectivity index (χ0n) is 7.34. The van der Waals surface area contributed by atoms with Gasteiger partial charge in [0, 0.05) is 6.20 Å². The van der Waals surface area contributed by atoms with Crippen LogP contribution in [-0.4, -0.2) is 4.98 Å².